The lowest BCUT2D eigenvalue weighted by Crippen LogP contribution is -2.48. The number of carbonyl (C=O) groups is 1. The maximum absolute atomic E-state index is 13.1. The summed E-state index contributed by atoms with van der Waals surface area (Å²) in [4.78, 5) is 13.1. The van der Waals surface area contributed by atoms with E-state index < -0.39 is 11.1 Å². The predicted octanol–water partition coefficient (Wildman–Crippen LogP) is 6.51. The fraction of sp³-hybridized carbons (Fsp3) is 0.700. The summed E-state index contributed by atoms with van der Waals surface area (Å²) in [5, 5.41) is 23.7. The molecule has 1 heterocycles. The number of rotatable bonds is 10. The topological polar surface area (TPSA) is 78.8 Å². The number of allylic oxidation sites excluding steroid dienone is 1. The summed E-state index contributed by atoms with van der Waals surface area (Å²) in [6, 6.07) is 4.06. The number of aromatic hydroxyl groups is 1. The van der Waals surface area contributed by atoms with Gasteiger partial charge in [-0.25, -0.2) is 0 Å². The second-order valence-electron chi connectivity index (χ2n) is 12.5. The van der Waals surface area contributed by atoms with E-state index >= 15 is 0 Å². The number of benzene rings is 1. The van der Waals surface area contributed by atoms with Gasteiger partial charge in [0.05, 0.1) is 0 Å². The van der Waals surface area contributed by atoms with E-state index in [4.69, 9.17) is 4.74 Å². The summed E-state index contributed by atoms with van der Waals surface area (Å²) >= 11 is 0. The Kier molecular flexibility index (Phi) is 8.30. The van der Waals surface area contributed by atoms with Crippen LogP contribution in [-0.2, 0) is 10.2 Å². The van der Waals surface area contributed by atoms with Crippen molar-refractivity contribution in [1.29, 1.82) is 0 Å². The van der Waals surface area contributed by atoms with Crippen LogP contribution >= 0.6 is 0 Å². The molecule has 0 saturated carbocycles. The molecule has 5 heteroatoms. The molecule has 0 radical (unpaired) electrons. The predicted molar refractivity (Wildman–Crippen MR) is 142 cm³/mol. The van der Waals surface area contributed by atoms with E-state index in [0.717, 1.165) is 35.3 Å². The van der Waals surface area contributed by atoms with Crippen LogP contribution in [0.25, 0.3) is 0 Å². The van der Waals surface area contributed by atoms with Crippen molar-refractivity contribution in [2.45, 2.75) is 122 Å². The molecule has 0 unspecified atom stereocenters. The lowest BCUT2D eigenvalue weighted by Gasteiger charge is -2.47. The molecule has 2 aliphatic rings. The number of hydrogen-bond donors (Lipinski definition) is 3. The molecule has 1 aromatic rings. The number of aliphatic hydroxyl groups is 1. The van der Waals surface area contributed by atoms with Crippen LogP contribution in [0, 0.1) is 5.92 Å². The Morgan fingerprint density at radius 2 is 1.86 bits per heavy atom. The van der Waals surface area contributed by atoms with E-state index in [0.29, 0.717) is 12.8 Å². The lowest BCUT2D eigenvalue weighted by molar-refractivity contribution is -0.119. The highest BCUT2D eigenvalue weighted by atomic mass is 16.5. The molecule has 0 spiro atoms. The van der Waals surface area contributed by atoms with Gasteiger partial charge in [-0.05, 0) is 76.5 Å². The molecule has 3 N–H and O–H groups in total. The standard InChI is InChI=1S/C30H47NO4/c1-8-9-10-11-14-28(2,3)21-18-24(33)26-22-17-20(27(34)31-29(4,5)15-16-32)12-13-23(22)30(6,7)35-25(26)19-21/h12,18-19,22-23,32-33H,8-11,13-17H2,1-7H3,(H,31,34)/t22-,23-/m1/s1. The van der Waals surface area contributed by atoms with Gasteiger partial charge in [0.15, 0.2) is 0 Å². The molecule has 1 amide bonds. The molecule has 1 aliphatic heterocycles. The van der Waals surface area contributed by atoms with Crippen LogP contribution in [-0.4, -0.2) is 33.9 Å². The van der Waals surface area contributed by atoms with Crippen LogP contribution < -0.4 is 10.1 Å². The summed E-state index contributed by atoms with van der Waals surface area (Å²) in [7, 11) is 0. The van der Waals surface area contributed by atoms with Crippen LogP contribution in [0.2, 0.25) is 0 Å². The average molecular weight is 486 g/mol. The molecule has 0 aromatic heterocycles. The van der Waals surface area contributed by atoms with Gasteiger partial charge in [-0.1, -0.05) is 52.5 Å². The van der Waals surface area contributed by atoms with E-state index in [1.165, 1.54) is 25.7 Å². The maximum Gasteiger partial charge on any atom is 0.247 e. The van der Waals surface area contributed by atoms with Gasteiger partial charge in [-0.2, -0.15) is 0 Å². The molecule has 35 heavy (non-hydrogen) atoms. The van der Waals surface area contributed by atoms with Crippen molar-refractivity contribution in [2.75, 3.05) is 6.61 Å². The van der Waals surface area contributed by atoms with Gasteiger partial charge >= 0.3 is 0 Å². The monoisotopic (exact) mass is 485 g/mol. The zero-order valence-electron chi connectivity index (χ0n) is 23.0. The van der Waals surface area contributed by atoms with Crippen LogP contribution in [0.15, 0.2) is 23.8 Å². The zero-order valence-corrected chi connectivity index (χ0v) is 23.0. The highest BCUT2D eigenvalue weighted by Gasteiger charge is 2.47. The fourth-order valence-electron chi connectivity index (χ4n) is 5.84. The second kappa shape index (κ2) is 10.5. The van der Waals surface area contributed by atoms with E-state index in [-0.39, 0.29) is 35.5 Å². The highest BCUT2D eigenvalue weighted by Crippen LogP contribution is 2.55. The Morgan fingerprint density at radius 3 is 2.51 bits per heavy atom. The van der Waals surface area contributed by atoms with E-state index in [2.05, 4.69) is 46.0 Å². The second-order valence-corrected chi connectivity index (χ2v) is 12.5. The van der Waals surface area contributed by atoms with E-state index in [1.54, 1.807) is 0 Å². The Bertz CT molecular complexity index is 944. The Hall–Kier alpha value is -2.01. The minimum absolute atomic E-state index is 0.0159. The van der Waals surface area contributed by atoms with E-state index in [9.17, 15) is 15.0 Å². The number of carbonyl (C=O) groups excluding carboxylic acids is 1. The molecule has 1 aliphatic carbocycles. The van der Waals surface area contributed by atoms with Crippen molar-refractivity contribution in [1.82, 2.24) is 5.32 Å². The van der Waals surface area contributed by atoms with Crippen LogP contribution in [0.5, 0.6) is 11.5 Å². The first kappa shape index (κ1) is 27.6. The van der Waals surface area contributed by atoms with Gasteiger partial charge < -0.3 is 20.3 Å². The summed E-state index contributed by atoms with van der Waals surface area (Å²) in [6.07, 6.45) is 9.78. The number of nitrogens with one attached hydrogen (secondary N) is 1. The van der Waals surface area contributed by atoms with Crippen LogP contribution in [0.4, 0.5) is 0 Å². The summed E-state index contributed by atoms with van der Waals surface area (Å²) in [5.41, 5.74) is 1.77. The smallest absolute Gasteiger partial charge is 0.247 e. The van der Waals surface area contributed by atoms with E-state index in [1.807, 2.05) is 26.0 Å². The van der Waals surface area contributed by atoms with Crippen molar-refractivity contribution < 1.29 is 19.7 Å². The Balaban J connectivity index is 1.89. The molecular formula is C30H47NO4. The third kappa shape index (κ3) is 6.22. The lowest BCUT2D eigenvalue weighted by atomic mass is 9.66. The summed E-state index contributed by atoms with van der Waals surface area (Å²) < 4.78 is 6.54. The average Bonchev–Trinajstić information content (AvgIpc) is 2.75. The van der Waals surface area contributed by atoms with Gasteiger partial charge in [0, 0.05) is 35.1 Å². The van der Waals surface area contributed by atoms with Crippen molar-refractivity contribution in [3.8, 4) is 11.5 Å². The molecule has 3 rings (SSSR count). The summed E-state index contributed by atoms with van der Waals surface area (Å²) in [5.74, 6) is 1.15. The van der Waals surface area contributed by atoms with Gasteiger partial charge in [0.1, 0.15) is 17.1 Å². The highest BCUT2D eigenvalue weighted by molar-refractivity contribution is 5.94. The Morgan fingerprint density at radius 1 is 1.14 bits per heavy atom. The molecule has 0 saturated heterocycles. The number of phenolic OH excluding ortho intramolecular Hbond substituents is 1. The number of aliphatic hydroxyl groups excluding tert-OH is 1. The first-order valence-corrected chi connectivity index (χ1v) is 13.5. The minimum atomic E-state index is -0.476. The number of hydrogen-bond acceptors (Lipinski definition) is 4. The first-order chi connectivity index (χ1) is 16.3. The maximum atomic E-state index is 13.1. The molecule has 5 nitrogen and oxygen atoms in total. The molecule has 0 fully saturated rings. The SMILES string of the molecule is CCCCCCC(C)(C)c1cc(O)c2c(c1)OC(C)(C)[C@@H]1CC=C(C(=O)NC(C)(C)CCO)C[C@@H]21. The normalized spacial score (nSPS) is 21.4. The zero-order chi connectivity index (χ0) is 26.0. The largest absolute Gasteiger partial charge is 0.508 e. The quantitative estimate of drug-likeness (QED) is 0.330. The van der Waals surface area contributed by atoms with Crippen molar-refractivity contribution in [3.05, 3.63) is 34.9 Å². The number of ether oxygens (including phenoxy) is 1. The number of unbranched alkanes of at least 4 members (excludes halogenated alkanes) is 3. The number of phenols is 1. The first-order valence-electron chi connectivity index (χ1n) is 13.5. The molecular weight excluding hydrogens is 438 g/mol. The Labute approximate surface area is 212 Å². The summed E-state index contributed by atoms with van der Waals surface area (Å²) in [6.45, 7) is 14.8. The molecule has 0 bridgehead atoms. The third-order valence-corrected chi connectivity index (χ3v) is 8.22. The number of fused-ring (bicyclic) bond motifs is 3. The number of amides is 1. The molecule has 1 aromatic carbocycles. The van der Waals surface area contributed by atoms with Gasteiger partial charge in [0.25, 0.3) is 0 Å². The van der Waals surface area contributed by atoms with Gasteiger partial charge in [-0.15, -0.1) is 0 Å². The van der Waals surface area contributed by atoms with Crippen molar-refractivity contribution in [2.24, 2.45) is 5.92 Å². The minimum Gasteiger partial charge on any atom is -0.508 e. The van der Waals surface area contributed by atoms with Crippen molar-refractivity contribution >= 4 is 5.91 Å². The third-order valence-electron chi connectivity index (χ3n) is 8.22. The van der Waals surface area contributed by atoms with Gasteiger partial charge in [-0.3, -0.25) is 4.79 Å². The van der Waals surface area contributed by atoms with Crippen LogP contribution in [0.1, 0.15) is 117 Å². The molecule has 196 valence electrons. The fourth-order valence-corrected chi connectivity index (χ4v) is 5.84. The van der Waals surface area contributed by atoms with Crippen molar-refractivity contribution in [3.63, 3.8) is 0 Å². The van der Waals surface area contributed by atoms with Crippen LogP contribution in [0.3, 0.4) is 0 Å². The molecule has 2 atom stereocenters. The van der Waals surface area contributed by atoms with Gasteiger partial charge in [0.2, 0.25) is 5.91 Å².